The smallest absolute Gasteiger partial charge is 0.211 e. The molecule has 180 valence electrons. The molecule has 0 amide bonds. The van der Waals surface area contributed by atoms with Gasteiger partial charge in [-0.25, -0.2) is 15.0 Å². The van der Waals surface area contributed by atoms with Crippen LogP contribution in [0.15, 0.2) is 54.9 Å². The molecule has 36 heavy (non-hydrogen) atoms. The molecule has 0 bridgehead atoms. The fourth-order valence-corrected chi connectivity index (χ4v) is 5.21. The Hall–Kier alpha value is -4.22. The Morgan fingerprint density at radius 3 is 2.50 bits per heavy atom. The lowest BCUT2D eigenvalue weighted by atomic mass is 9.98. The highest BCUT2D eigenvalue weighted by atomic mass is 15.3. The van der Waals surface area contributed by atoms with E-state index in [9.17, 15) is 5.26 Å². The SMILES string of the molecule is CNC1CCN(c2nc(-c3ccc(C#N)cc3)c(-c3ccc4c(c3)nc(C)n4C)c3nccn23)CC1. The Morgan fingerprint density at radius 2 is 1.78 bits per heavy atom. The summed E-state index contributed by atoms with van der Waals surface area (Å²) in [6, 6.07) is 16.8. The van der Waals surface area contributed by atoms with Crippen molar-refractivity contribution in [2.75, 3.05) is 25.0 Å². The minimum atomic E-state index is 0.533. The second-order valence-electron chi connectivity index (χ2n) is 9.42. The first-order valence-corrected chi connectivity index (χ1v) is 12.3. The third-order valence-corrected chi connectivity index (χ3v) is 7.40. The van der Waals surface area contributed by atoms with Crippen molar-refractivity contribution in [1.82, 2.24) is 29.2 Å². The largest absolute Gasteiger partial charge is 0.342 e. The molecule has 1 aliphatic rings. The van der Waals surface area contributed by atoms with Crippen LogP contribution >= 0.6 is 0 Å². The van der Waals surface area contributed by atoms with Gasteiger partial charge in [-0.1, -0.05) is 18.2 Å². The summed E-state index contributed by atoms with van der Waals surface area (Å²) in [5.74, 6) is 1.87. The van der Waals surface area contributed by atoms with Crippen molar-refractivity contribution in [3.05, 3.63) is 66.2 Å². The van der Waals surface area contributed by atoms with Gasteiger partial charge in [-0.05, 0) is 56.6 Å². The predicted octanol–water partition coefficient (Wildman–Crippen LogP) is 4.32. The number of imidazole rings is 2. The van der Waals surface area contributed by atoms with Gasteiger partial charge in [0, 0.05) is 44.1 Å². The Kier molecular flexibility index (Phi) is 5.42. The van der Waals surface area contributed by atoms with E-state index in [-0.39, 0.29) is 0 Å². The standard InChI is InChI=1S/C28H28N8/c1-18-32-23-16-21(8-9-24(23)34(18)3)25-26(20-6-4-19(17-29)5-7-20)33-28(36-15-12-31-27(25)36)35-13-10-22(30-2)11-14-35/h4-9,12,15-16,22,30H,10-11,13-14H2,1-3H3. The van der Waals surface area contributed by atoms with Crippen LogP contribution in [0.3, 0.4) is 0 Å². The van der Waals surface area contributed by atoms with Crippen molar-refractivity contribution in [1.29, 1.82) is 5.26 Å². The summed E-state index contributed by atoms with van der Waals surface area (Å²) < 4.78 is 4.21. The maximum Gasteiger partial charge on any atom is 0.211 e. The van der Waals surface area contributed by atoms with Gasteiger partial charge in [0.15, 0.2) is 0 Å². The molecule has 5 aromatic rings. The number of rotatable bonds is 4. The number of nitrogens with one attached hydrogen (secondary N) is 1. The van der Waals surface area contributed by atoms with Crippen LogP contribution in [-0.4, -0.2) is 50.1 Å². The van der Waals surface area contributed by atoms with Crippen molar-refractivity contribution in [3.63, 3.8) is 0 Å². The Balaban J connectivity index is 1.58. The molecule has 4 heterocycles. The van der Waals surface area contributed by atoms with E-state index >= 15 is 0 Å². The zero-order chi connectivity index (χ0) is 24.8. The van der Waals surface area contributed by atoms with Gasteiger partial charge in [-0.2, -0.15) is 5.26 Å². The molecule has 1 N–H and O–H groups in total. The van der Waals surface area contributed by atoms with Crippen LogP contribution in [-0.2, 0) is 7.05 Å². The number of benzene rings is 2. The Morgan fingerprint density at radius 1 is 1.03 bits per heavy atom. The molecule has 8 heteroatoms. The third kappa shape index (κ3) is 3.60. The van der Waals surface area contributed by atoms with E-state index in [1.54, 1.807) is 0 Å². The van der Waals surface area contributed by atoms with Gasteiger partial charge in [-0.15, -0.1) is 0 Å². The number of anilines is 1. The molecule has 6 rings (SSSR count). The van der Waals surface area contributed by atoms with Gasteiger partial charge in [0.25, 0.3) is 0 Å². The molecule has 8 nitrogen and oxygen atoms in total. The second kappa shape index (κ2) is 8.77. The van der Waals surface area contributed by atoms with E-state index in [0.717, 1.165) is 76.8 Å². The first-order valence-electron chi connectivity index (χ1n) is 12.3. The zero-order valence-electron chi connectivity index (χ0n) is 20.7. The molecule has 3 aromatic heterocycles. The van der Waals surface area contributed by atoms with Crippen molar-refractivity contribution in [2.24, 2.45) is 7.05 Å². The fraction of sp³-hybridized carbons (Fsp3) is 0.286. The average Bonchev–Trinajstić information content (AvgIpc) is 3.52. The summed E-state index contributed by atoms with van der Waals surface area (Å²) in [4.78, 5) is 17.2. The highest BCUT2D eigenvalue weighted by molar-refractivity contribution is 5.94. The van der Waals surface area contributed by atoms with Crippen molar-refractivity contribution < 1.29 is 0 Å². The average molecular weight is 477 g/mol. The van der Waals surface area contributed by atoms with Crippen LogP contribution in [0.5, 0.6) is 0 Å². The lowest BCUT2D eigenvalue weighted by Crippen LogP contribution is -2.42. The van der Waals surface area contributed by atoms with Crippen LogP contribution in [0.1, 0.15) is 24.2 Å². The minimum absolute atomic E-state index is 0.533. The molecule has 0 saturated carbocycles. The normalized spacial score (nSPS) is 14.6. The van der Waals surface area contributed by atoms with Gasteiger partial charge >= 0.3 is 0 Å². The van der Waals surface area contributed by atoms with Crippen LogP contribution in [0.25, 0.3) is 39.1 Å². The monoisotopic (exact) mass is 476 g/mol. The molecular formula is C28H28N8. The van der Waals surface area contributed by atoms with E-state index in [0.29, 0.717) is 11.6 Å². The minimum Gasteiger partial charge on any atom is -0.342 e. The molecule has 1 saturated heterocycles. The van der Waals surface area contributed by atoms with Crippen LogP contribution in [0, 0.1) is 18.3 Å². The molecule has 2 aromatic carbocycles. The molecule has 0 atom stereocenters. The summed E-state index contributed by atoms with van der Waals surface area (Å²) in [5.41, 5.74) is 7.32. The van der Waals surface area contributed by atoms with E-state index < -0.39 is 0 Å². The lowest BCUT2D eigenvalue weighted by Gasteiger charge is -2.33. The molecule has 0 aliphatic carbocycles. The number of aryl methyl sites for hydroxylation is 2. The summed E-state index contributed by atoms with van der Waals surface area (Å²) >= 11 is 0. The van der Waals surface area contributed by atoms with Crippen LogP contribution in [0.4, 0.5) is 5.95 Å². The second-order valence-corrected chi connectivity index (χ2v) is 9.42. The van der Waals surface area contributed by atoms with Crippen molar-refractivity contribution in [3.8, 4) is 28.5 Å². The maximum atomic E-state index is 9.33. The first-order chi connectivity index (χ1) is 17.6. The quantitative estimate of drug-likeness (QED) is 0.416. The highest BCUT2D eigenvalue weighted by Crippen LogP contribution is 2.37. The predicted molar refractivity (Wildman–Crippen MR) is 142 cm³/mol. The molecule has 0 spiro atoms. The number of nitriles is 1. The van der Waals surface area contributed by atoms with Crippen molar-refractivity contribution >= 4 is 22.6 Å². The maximum absolute atomic E-state index is 9.33. The van der Waals surface area contributed by atoms with Gasteiger partial charge in [0.1, 0.15) is 11.5 Å². The van der Waals surface area contributed by atoms with Crippen LogP contribution in [0.2, 0.25) is 0 Å². The van der Waals surface area contributed by atoms with Gasteiger partial charge < -0.3 is 14.8 Å². The van der Waals surface area contributed by atoms with E-state index in [2.05, 4.69) is 43.5 Å². The Bertz CT molecular complexity index is 1610. The fourth-order valence-electron chi connectivity index (χ4n) is 5.21. The summed E-state index contributed by atoms with van der Waals surface area (Å²) in [6.07, 6.45) is 5.98. The number of piperidine rings is 1. The topological polar surface area (TPSA) is 87.1 Å². The summed E-state index contributed by atoms with van der Waals surface area (Å²) in [7, 11) is 4.07. The summed E-state index contributed by atoms with van der Waals surface area (Å²) in [5, 5.41) is 12.7. The van der Waals surface area contributed by atoms with E-state index in [4.69, 9.17) is 15.0 Å². The van der Waals surface area contributed by atoms with E-state index in [1.165, 1.54) is 0 Å². The van der Waals surface area contributed by atoms with Crippen molar-refractivity contribution in [2.45, 2.75) is 25.8 Å². The number of fused-ring (bicyclic) bond motifs is 2. The van der Waals surface area contributed by atoms with Gasteiger partial charge in [-0.3, -0.25) is 4.40 Å². The molecular weight excluding hydrogens is 448 g/mol. The number of hydrogen-bond acceptors (Lipinski definition) is 6. The zero-order valence-corrected chi connectivity index (χ0v) is 20.7. The molecule has 1 fully saturated rings. The summed E-state index contributed by atoms with van der Waals surface area (Å²) in [6.45, 7) is 3.87. The van der Waals surface area contributed by atoms with Gasteiger partial charge in [0.2, 0.25) is 5.95 Å². The molecule has 0 radical (unpaired) electrons. The van der Waals surface area contributed by atoms with E-state index in [1.807, 2.05) is 57.7 Å². The highest BCUT2D eigenvalue weighted by Gasteiger charge is 2.25. The lowest BCUT2D eigenvalue weighted by molar-refractivity contribution is 0.438. The third-order valence-electron chi connectivity index (χ3n) is 7.40. The van der Waals surface area contributed by atoms with Crippen LogP contribution < -0.4 is 10.2 Å². The number of hydrogen-bond donors (Lipinski definition) is 1. The molecule has 0 unspecified atom stereocenters. The first kappa shape index (κ1) is 22.3. The Labute approximate surface area is 209 Å². The molecule has 1 aliphatic heterocycles. The number of nitrogens with zero attached hydrogens (tertiary/aromatic N) is 7. The number of aromatic nitrogens is 5. The van der Waals surface area contributed by atoms with Gasteiger partial charge in [0.05, 0.1) is 33.9 Å².